The summed E-state index contributed by atoms with van der Waals surface area (Å²) in [5, 5.41) is 16.2. The molecule has 11 aromatic rings. The summed E-state index contributed by atoms with van der Waals surface area (Å²) in [5.41, 5.74) is 12.2. The SMILES string of the molecule is N#Cc1c(-c2ccccc2)cc(-c2cc3c4ccccc4c(-c4cccc(-c5nc(-c6ccccc6)nc(-c6ccccc6)n5)c4)cc3c3cccnc23)cc1-c1ccccc1. The number of aromatic nitrogens is 4. The lowest BCUT2D eigenvalue weighted by molar-refractivity contribution is 1.07. The molecule has 288 valence electrons. The first-order valence-electron chi connectivity index (χ1n) is 20.6. The van der Waals surface area contributed by atoms with Crippen molar-refractivity contribution < 1.29 is 0 Å². The van der Waals surface area contributed by atoms with Gasteiger partial charge in [0.25, 0.3) is 0 Å². The molecule has 0 saturated heterocycles. The van der Waals surface area contributed by atoms with Crippen LogP contribution in [-0.2, 0) is 0 Å². The Labute approximate surface area is 359 Å². The van der Waals surface area contributed by atoms with Crippen LogP contribution in [0, 0.1) is 11.3 Å². The molecule has 5 heteroatoms. The zero-order valence-electron chi connectivity index (χ0n) is 33.4. The molecule has 0 aliphatic heterocycles. The third-order valence-corrected chi connectivity index (χ3v) is 11.6. The molecule has 0 N–H and O–H groups in total. The van der Waals surface area contributed by atoms with E-state index in [0.29, 0.717) is 23.0 Å². The van der Waals surface area contributed by atoms with E-state index < -0.39 is 0 Å². The largest absolute Gasteiger partial charge is 0.256 e. The monoisotopic (exact) mass is 789 g/mol. The Bertz CT molecular complexity index is 3390. The van der Waals surface area contributed by atoms with Gasteiger partial charge in [-0.1, -0.05) is 170 Å². The zero-order valence-corrected chi connectivity index (χ0v) is 33.4. The minimum absolute atomic E-state index is 0.608. The Morgan fingerprint density at radius 2 is 0.758 bits per heavy atom. The number of nitrogens with zero attached hydrogens (tertiary/aromatic N) is 5. The Morgan fingerprint density at radius 1 is 0.306 bits per heavy atom. The van der Waals surface area contributed by atoms with Gasteiger partial charge < -0.3 is 0 Å². The summed E-state index contributed by atoms with van der Waals surface area (Å²) in [4.78, 5) is 20.1. The summed E-state index contributed by atoms with van der Waals surface area (Å²) in [6.45, 7) is 0. The van der Waals surface area contributed by atoms with Gasteiger partial charge in [0.05, 0.1) is 11.1 Å². The van der Waals surface area contributed by atoms with Crippen LogP contribution in [0.1, 0.15) is 5.56 Å². The van der Waals surface area contributed by atoms with E-state index in [-0.39, 0.29) is 0 Å². The maximum absolute atomic E-state index is 10.7. The Morgan fingerprint density at radius 3 is 1.34 bits per heavy atom. The van der Waals surface area contributed by atoms with Crippen molar-refractivity contribution in [2.75, 3.05) is 0 Å². The summed E-state index contributed by atoms with van der Waals surface area (Å²) in [5.74, 6) is 1.86. The first-order chi connectivity index (χ1) is 30.7. The third-order valence-electron chi connectivity index (χ3n) is 11.6. The van der Waals surface area contributed by atoms with E-state index in [9.17, 15) is 5.26 Å². The average Bonchev–Trinajstić information content (AvgIpc) is 3.36. The summed E-state index contributed by atoms with van der Waals surface area (Å²) < 4.78 is 0. The fourth-order valence-electron chi connectivity index (χ4n) is 8.66. The van der Waals surface area contributed by atoms with Gasteiger partial charge in [-0.3, -0.25) is 4.98 Å². The molecular weight excluding hydrogens is 755 g/mol. The molecule has 0 fully saturated rings. The maximum atomic E-state index is 10.7. The van der Waals surface area contributed by atoms with Gasteiger partial charge in [-0.15, -0.1) is 0 Å². The second kappa shape index (κ2) is 15.5. The zero-order chi connectivity index (χ0) is 41.4. The van der Waals surface area contributed by atoms with E-state index >= 15 is 0 Å². The number of pyridine rings is 1. The maximum Gasteiger partial charge on any atom is 0.164 e. The molecule has 0 aliphatic carbocycles. The summed E-state index contributed by atoms with van der Waals surface area (Å²) in [6, 6.07) is 73.3. The first kappa shape index (κ1) is 36.5. The van der Waals surface area contributed by atoms with Crippen LogP contribution in [0.2, 0.25) is 0 Å². The predicted molar refractivity (Wildman–Crippen MR) is 253 cm³/mol. The first-order valence-corrected chi connectivity index (χ1v) is 20.6. The Hall–Kier alpha value is -8.59. The van der Waals surface area contributed by atoms with Crippen molar-refractivity contribution in [1.29, 1.82) is 5.26 Å². The number of fused-ring (bicyclic) bond motifs is 5. The van der Waals surface area contributed by atoms with Crippen LogP contribution in [0.4, 0.5) is 0 Å². The minimum atomic E-state index is 0.608. The summed E-state index contributed by atoms with van der Waals surface area (Å²) in [6.07, 6.45) is 1.87. The highest BCUT2D eigenvalue weighted by molar-refractivity contribution is 6.23. The molecule has 0 atom stereocenters. The van der Waals surface area contributed by atoms with Gasteiger partial charge >= 0.3 is 0 Å². The van der Waals surface area contributed by atoms with Crippen molar-refractivity contribution in [3.63, 3.8) is 0 Å². The quantitative estimate of drug-likeness (QED) is 0.150. The fraction of sp³-hybridized carbons (Fsp3) is 0. The molecule has 11 rings (SSSR count). The molecule has 62 heavy (non-hydrogen) atoms. The molecule has 0 bridgehead atoms. The van der Waals surface area contributed by atoms with Crippen LogP contribution in [-0.4, -0.2) is 19.9 Å². The standard InChI is InChI=1S/C57H35N5/c58-36-53-47(37-17-5-1-6-18-37)32-43(33-48(53)38-19-7-2-8-20-38)50-35-51-45-28-14-13-27-44(45)49(34-52(51)46-29-16-30-59-54(46)50)41-25-15-26-42(31-41)57-61-55(39-21-9-3-10-22-39)60-56(62-57)40-23-11-4-12-24-40/h1-35H. The predicted octanol–water partition coefficient (Wildman–Crippen LogP) is 14.3. The lowest BCUT2D eigenvalue weighted by Gasteiger charge is -2.18. The van der Waals surface area contributed by atoms with Gasteiger partial charge in [0.1, 0.15) is 6.07 Å². The highest BCUT2D eigenvalue weighted by Crippen LogP contribution is 2.44. The normalized spacial score (nSPS) is 11.2. The smallest absolute Gasteiger partial charge is 0.164 e. The molecule has 2 aromatic heterocycles. The topological polar surface area (TPSA) is 75.3 Å². The van der Waals surface area contributed by atoms with Gasteiger partial charge in [0.15, 0.2) is 17.5 Å². The van der Waals surface area contributed by atoms with Gasteiger partial charge in [-0.2, -0.15) is 5.26 Å². The molecule has 0 spiro atoms. The van der Waals surface area contributed by atoms with Gasteiger partial charge in [-0.25, -0.2) is 15.0 Å². The summed E-state index contributed by atoms with van der Waals surface area (Å²) in [7, 11) is 0. The van der Waals surface area contributed by atoms with Gasteiger partial charge in [0, 0.05) is 45.0 Å². The van der Waals surface area contributed by atoms with Crippen molar-refractivity contribution in [2.24, 2.45) is 0 Å². The number of rotatable bonds is 7. The van der Waals surface area contributed by atoms with E-state index in [0.717, 1.165) is 93.6 Å². The number of hydrogen-bond donors (Lipinski definition) is 0. The molecular formula is C57H35N5. The van der Waals surface area contributed by atoms with E-state index in [2.05, 4.69) is 109 Å². The molecule has 5 nitrogen and oxygen atoms in total. The van der Waals surface area contributed by atoms with E-state index in [1.54, 1.807) is 0 Å². The molecule has 0 radical (unpaired) electrons. The molecule has 9 aromatic carbocycles. The third kappa shape index (κ3) is 6.53. The van der Waals surface area contributed by atoms with Crippen molar-refractivity contribution in [3.05, 3.63) is 218 Å². The van der Waals surface area contributed by atoms with E-state index in [1.807, 2.05) is 109 Å². The van der Waals surface area contributed by atoms with Crippen LogP contribution < -0.4 is 0 Å². The lowest BCUT2D eigenvalue weighted by Crippen LogP contribution is -2.00. The molecule has 0 amide bonds. The van der Waals surface area contributed by atoms with Crippen molar-refractivity contribution in [3.8, 4) is 84.7 Å². The van der Waals surface area contributed by atoms with Crippen LogP contribution in [0.3, 0.4) is 0 Å². The van der Waals surface area contributed by atoms with E-state index in [1.165, 1.54) is 0 Å². The summed E-state index contributed by atoms with van der Waals surface area (Å²) >= 11 is 0. The minimum Gasteiger partial charge on any atom is -0.256 e. The number of benzene rings is 9. The highest BCUT2D eigenvalue weighted by atomic mass is 15.0. The fourth-order valence-corrected chi connectivity index (χ4v) is 8.66. The second-order valence-corrected chi connectivity index (χ2v) is 15.3. The number of hydrogen-bond acceptors (Lipinski definition) is 5. The van der Waals surface area contributed by atoms with Crippen molar-refractivity contribution >= 4 is 32.4 Å². The van der Waals surface area contributed by atoms with Gasteiger partial charge in [-0.05, 0) is 85.8 Å². The van der Waals surface area contributed by atoms with Crippen LogP contribution >= 0.6 is 0 Å². The Balaban J connectivity index is 1.12. The van der Waals surface area contributed by atoms with Gasteiger partial charge in [0.2, 0.25) is 0 Å². The molecule has 0 aliphatic rings. The second-order valence-electron chi connectivity index (χ2n) is 15.3. The van der Waals surface area contributed by atoms with Crippen LogP contribution in [0.5, 0.6) is 0 Å². The molecule has 0 saturated carbocycles. The average molecular weight is 790 g/mol. The highest BCUT2D eigenvalue weighted by Gasteiger charge is 2.20. The molecule has 0 unspecified atom stereocenters. The van der Waals surface area contributed by atoms with E-state index in [4.69, 9.17) is 19.9 Å². The van der Waals surface area contributed by atoms with Crippen molar-refractivity contribution in [2.45, 2.75) is 0 Å². The van der Waals surface area contributed by atoms with Crippen LogP contribution in [0.25, 0.3) is 111 Å². The van der Waals surface area contributed by atoms with Crippen LogP contribution in [0.15, 0.2) is 212 Å². The lowest BCUT2D eigenvalue weighted by atomic mass is 9.85. The number of nitriles is 1. The Kier molecular flexibility index (Phi) is 9.15. The van der Waals surface area contributed by atoms with Crippen molar-refractivity contribution in [1.82, 2.24) is 19.9 Å². The molecule has 2 heterocycles.